The van der Waals surface area contributed by atoms with Gasteiger partial charge in [0.15, 0.2) is 0 Å². The molecule has 1 saturated carbocycles. The molecule has 0 radical (unpaired) electrons. The first-order chi connectivity index (χ1) is 13.1. The molecule has 0 bridgehead atoms. The molecule has 28 heavy (non-hydrogen) atoms. The standard InChI is InChI=1S/C18H24F3N3O3S/c1-13-15(2-3-16(22-13)18(19,20)21)28(25,26)24-11-17(12-24)5-4-14(10-17)23-6-8-27-9-7-23/h2-3,14H,4-12H2,1H3/t14-/m1/s1. The van der Waals surface area contributed by atoms with E-state index in [4.69, 9.17) is 4.74 Å². The van der Waals surface area contributed by atoms with E-state index >= 15 is 0 Å². The molecule has 2 saturated heterocycles. The van der Waals surface area contributed by atoms with Crippen LogP contribution in [0.5, 0.6) is 0 Å². The van der Waals surface area contributed by atoms with Crippen molar-refractivity contribution in [2.75, 3.05) is 39.4 Å². The number of halogens is 3. The number of aromatic nitrogens is 1. The zero-order chi connectivity index (χ0) is 20.2. The predicted molar refractivity (Wildman–Crippen MR) is 95.2 cm³/mol. The summed E-state index contributed by atoms with van der Waals surface area (Å²) in [6, 6.07) is 2.22. The number of aryl methyl sites for hydroxylation is 1. The summed E-state index contributed by atoms with van der Waals surface area (Å²) < 4.78 is 70.9. The van der Waals surface area contributed by atoms with Crippen molar-refractivity contribution in [3.63, 3.8) is 0 Å². The van der Waals surface area contributed by atoms with Gasteiger partial charge in [0.1, 0.15) is 10.6 Å². The van der Waals surface area contributed by atoms with Gasteiger partial charge in [0.25, 0.3) is 0 Å². The number of hydrogen-bond acceptors (Lipinski definition) is 5. The fourth-order valence-corrected chi connectivity index (χ4v) is 6.53. The van der Waals surface area contributed by atoms with Crippen LogP contribution >= 0.6 is 0 Å². The lowest BCUT2D eigenvalue weighted by Gasteiger charge is -2.47. The molecule has 0 N–H and O–H groups in total. The van der Waals surface area contributed by atoms with Crippen LogP contribution < -0.4 is 0 Å². The van der Waals surface area contributed by atoms with Gasteiger partial charge in [-0.1, -0.05) is 0 Å². The Morgan fingerprint density at radius 1 is 1.21 bits per heavy atom. The molecule has 156 valence electrons. The molecule has 1 atom stereocenters. The van der Waals surface area contributed by atoms with Crippen molar-refractivity contribution in [3.05, 3.63) is 23.5 Å². The average molecular weight is 419 g/mol. The summed E-state index contributed by atoms with van der Waals surface area (Å²) in [7, 11) is -3.83. The molecule has 10 heteroatoms. The van der Waals surface area contributed by atoms with Gasteiger partial charge in [-0.05, 0) is 43.7 Å². The summed E-state index contributed by atoms with van der Waals surface area (Å²) in [4.78, 5) is 5.75. The van der Waals surface area contributed by atoms with E-state index in [9.17, 15) is 21.6 Å². The Kier molecular flexibility index (Phi) is 4.96. The fourth-order valence-electron chi connectivity index (χ4n) is 4.71. The van der Waals surface area contributed by atoms with Crippen LogP contribution in [-0.4, -0.2) is 68.0 Å². The number of rotatable bonds is 3. The smallest absolute Gasteiger partial charge is 0.379 e. The monoisotopic (exact) mass is 419 g/mol. The minimum atomic E-state index is -4.59. The number of hydrogen-bond donors (Lipinski definition) is 0. The average Bonchev–Trinajstić information content (AvgIpc) is 3.06. The Labute approximate surface area is 162 Å². The van der Waals surface area contributed by atoms with E-state index in [1.54, 1.807) is 0 Å². The highest BCUT2D eigenvalue weighted by atomic mass is 32.2. The molecule has 4 rings (SSSR count). The molecule has 3 aliphatic rings. The zero-order valence-electron chi connectivity index (χ0n) is 15.7. The normalized spacial score (nSPS) is 26.5. The molecule has 6 nitrogen and oxygen atoms in total. The van der Waals surface area contributed by atoms with Crippen molar-refractivity contribution in [2.45, 2.75) is 43.3 Å². The van der Waals surface area contributed by atoms with Gasteiger partial charge in [0, 0.05) is 32.2 Å². The van der Waals surface area contributed by atoms with Gasteiger partial charge in [-0.3, -0.25) is 4.90 Å². The van der Waals surface area contributed by atoms with Crippen LogP contribution in [0.2, 0.25) is 0 Å². The molecule has 3 fully saturated rings. The molecule has 1 spiro atoms. The summed E-state index contributed by atoms with van der Waals surface area (Å²) in [6.07, 6.45) is -1.60. The molecule has 3 heterocycles. The molecular weight excluding hydrogens is 395 g/mol. The first kappa shape index (κ1) is 20.1. The summed E-state index contributed by atoms with van der Waals surface area (Å²) in [5, 5.41) is 0. The minimum absolute atomic E-state index is 0.0106. The van der Waals surface area contributed by atoms with Gasteiger partial charge in [0.2, 0.25) is 10.0 Å². The van der Waals surface area contributed by atoms with Gasteiger partial charge in [-0.2, -0.15) is 17.5 Å². The van der Waals surface area contributed by atoms with Crippen LogP contribution in [0.1, 0.15) is 30.7 Å². The van der Waals surface area contributed by atoms with E-state index < -0.39 is 21.9 Å². The van der Waals surface area contributed by atoms with E-state index in [1.807, 2.05) is 0 Å². The van der Waals surface area contributed by atoms with E-state index in [0.29, 0.717) is 19.1 Å². The SMILES string of the molecule is Cc1nc(C(F)(F)F)ccc1S(=O)(=O)N1CC2(CC[C@@H](N3CCOCC3)C2)C1. The molecule has 0 aromatic carbocycles. The lowest BCUT2D eigenvalue weighted by Crippen LogP contribution is -2.57. The maximum absolute atomic E-state index is 12.9. The molecule has 0 unspecified atom stereocenters. The predicted octanol–water partition coefficient (Wildman–Crippen LogP) is 2.28. The van der Waals surface area contributed by atoms with E-state index in [0.717, 1.165) is 57.7 Å². The van der Waals surface area contributed by atoms with Crippen molar-refractivity contribution >= 4 is 10.0 Å². The Morgan fingerprint density at radius 2 is 1.89 bits per heavy atom. The van der Waals surface area contributed by atoms with E-state index in [2.05, 4.69) is 9.88 Å². The molecule has 2 aliphatic heterocycles. The minimum Gasteiger partial charge on any atom is -0.379 e. The number of pyridine rings is 1. The number of sulfonamides is 1. The Balaban J connectivity index is 1.44. The van der Waals surface area contributed by atoms with E-state index in [1.165, 1.54) is 11.2 Å². The largest absolute Gasteiger partial charge is 0.433 e. The number of morpholine rings is 1. The van der Waals surface area contributed by atoms with Crippen LogP contribution in [-0.2, 0) is 20.9 Å². The quantitative estimate of drug-likeness (QED) is 0.752. The summed E-state index contributed by atoms with van der Waals surface area (Å²) in [6.45, 7) is 5.47. The Morgan fingerprint density at radius 3 is 2.50 bits per heavy atom. The van der Waals surface area contributed by atoms with Crippen LogP contribution in [0, 0.1) is 12.3 Å². The maximum atomic E-state index is 12.9. The molecule has 1 aliphatic carbocycles. The van der Waals surface area contributed by atoms with Gasteiger partial charge < -0.3 is 4.74 Å². The van der Waals surface area contributed by atoms with Gasteiger partial charge >= 0.3 is 6.18 Å². The van der Waals surface area contributed by atoms with Gasteiger partial charge in [-0.15, -0.1) is 0 Å². The third-order valence-electron chi connectivity index (χ3n) is 6.21. The third-order valence-corrected chi connectivity index (χ3v) is 8.13. The Bertz CT molecular complexity index is 847. The summed E-state index contributed by atoms with van der Waals surface area (Å²) in [5.74, 6) is 0. The first-order valence-electron chi connectivity index (χ1n) is 9.48. The van der Waals surface area contributed by atoms with Gasteiger partial charge in [0.05, 0.1) is 18.9 Å². The molecular formula is C18H24F3N3O3S. The van der Waals surface area contributed by atoms with Crippen molar-refractivity contribution in [2.24, 2.45) is 5.41 Å². The summed E-state index contributed by atoms with van der Waals surface area (Å²) in [5.41, 5.74) is -1.20. The lowest BCUT2D eigenvalue weighted by atomic mass is 9.80. The van der Waals surface area contributed by atoms with Crippen LogP contribution in [0.25, 0.3) is 0 Å². The first-order valence-corrected chi connectivity index (χ1v) is 10.9. The third kappa shape index (κ3) is 3.55. The van der Waals surface area contributed by atoms with Crippen LogP contribution in [0.15, 0.2) is 17.0 Å². The van der Waals surface area contributed by atoms with Crippen molar-refractivity contribution < 1.29 is 26.3 Å². The molecule has 0 amide bonds. The Hall–Kier alpha value is -1.23. The van der Waals surface area contributed by atoms with Crippen LogP contribution in [0.3, 0.4) is 0 Å². The lowest BCUT2D eigenvalue weighted by molar-refractivity contribution is -0.141. The highest BCUT2D eigenvalue weighted by Crippen LogP contribution is 2.49. The number of alkyl halides is 3. The number of nitrogens with zero attached hydrogens (tertiary/aromatic N) is 3. The summed E-state index contributed by atoms with van der Waals surface area (Å²) >= 11 is 0. The highest BCUT2D eigenvalue weighted by Gasteiger charge is 2.53. The second-order valence-electron chi connectivity index (χ2n) is 8.10. The van der Waals surface area contributed by atoms with Gasteiger partial charge in [-0.25, -0.2) is 13.4 Å². The number of ether oxygens (including phenoxy) is 1. The van der Waals surface area contributed by atoms with Crippen LogP contribution in [0.4, 0.5) is 13.2 Å². The molecule has 1 aromatic heterocycles. The van der Waals surface area contributed by atoms with Crippen molar-refractivity contribution in [1.29, 1.82) is 0 Å². The van der Waals surface area contributed by atoms with E-state index in [-0.39, 0.29) is 16.0 Å². The second-order valence-corrected chi connectivity index (χ2v) is 10.0. The van der Waals surface area contributed by atoms with Crippen molar-refractivity contribution in [3.8, 4) is 0 Å². The zero-order valence-corrected chi connectivity index (χ0v) is 16.5. The topological polar surface area (TPSA) is 62.7 Å². The van der Waals surface area contributed by atoms with Crippen molar-refractivity contribution in [1.82, 2.24) is 14.2 Å². The molecule has 1 aromatic rings. The maximum Gasteiger partial charge on any atom is 0.433 e. The highest BCUT2D eigenvalue weighted by molar-refractivity contribution is 7.89. The second kappa shape index (κ2) is 6.93. The fraction of sp³-hybridized carbons (Fsp3) is 0.722.